The molecule has 0 heterocycles. The summed E-state index contributed by atoms with van der Waals surface area (Å²) in [6.45, 7) is 1.94. The molecule has 2 nitrogen and oxygen atoms in total. The normalized spacial score (nSPS) is 7.92. The van der Waals surface area contributed by atoms with E-state index in [1.807, 2.05) is 13.0 Å². The predicted octanol–water partition coefficient (Wildman–Crippen LogP) is -1.56. The van der Waals surface area contributed by atoms with Crippen molar-refractivity contribution >= 4 is 23.1 Å². The maximum Gasteiger partial charge on any atom is 2.00 e. The van der Waals surface area contributed by atoms with Crippen LogP contribution in [0.5, 0.6) is 11.5 Å². The summed E-state index contributed by atoms with van der Waals surface area (Å²) in [7, 11) is 3.26. The van der Waals surface area contributed by atoms with Gasteiger partial charge in [0.15, 0.2) is 0 Å². The number of benzene rings is 1. The first-order chi connectivity index (χ1) is 5.29. The zero-order valence-electron chi connectivity index (χ0n) is 8.06. The molecular weight excluding hydrogens is 244 g/mol. The molecule has 0 aliphatic rings. The fourth-order valence-electron chi connectivity index (χ4n) is 0.971. The summed E-state index contributed by atoms with van der Waals surface area (Å²) in [5.74, 6) is 1.57. The molecule has 0 fully saturated rings. The van der Waals surface area contributed by atoms with Gasteiger partial charge in [-0.05, 0) is 0 Å². The summed E-state index contributed by atoms with van der Waals surface area (Å²) in [6.07, 6.45) is 0. The molecule has 0 atom stereocenters. The fraction of sp³-hybridized carbons (Fsp3) is 0.333. The van der Waals surface area contributed by atoms with Crippen LogP contribution in [0.15, 0.2) is 12.1 Å². The van der Waals surface area contributed by atoms with E-state index in [-0.39, 0.29) is 40.0 Å². The summed E-state index contributed by atoms with van der Waals surface area (Å²) in [5, 5.41) is 0. The first kappa shape index (κ1) is 15.5. The largest absolute Gasteiger partial charge is 2.00 e. The number of ether oxygens (including phenoxy) is 2. The average Bonchev–Trinajstić information content (AvgIpc) is 2.05. The van der Waals surface area contributed by atoms with Crippen molar-refractivity contribution in [2.45, 2.75) is 6.92 Å². The minimum Gasteiger partial charge on any atom is -1.00 e. The van der Waals surface area contributed by atoms with Crippen LogP contribution in [0, 0.1) is 13.0 Å². The molecule has 0 saturated heterocycles. The van der Waals surface area contributed by atoms with Gasteiger partial charge in [0.25, 0.3) is 0 Å². The quantitative estimate of drug-likeness (QED) is 0.470. The zero-order chi connectivity index (χ0) is 8.27. The molecule has 0 aromatic heterocycles. The monoisotopic (exact) mass is 254 g/mol. The Morgan fingerprint density at radius 1 is 1.23 bits per heavy atom. The predicted molar refractivity (Wildman–Crippen MR) is 48.9 cm³/mol. The van der Waals surface area contributed by atoms with E-state index >= 15 is 0 Å². The Morgan fingerprint density at radius 3 is 2.31 bits per heavy atom. The van der Waals surface area contributed by atoms with Crippen molar-refractivity contribution < 1.29 is 26.5 Å². The molecule has 0 saturated carbocycles. The molecule has 0 aliphatic heterocycles. The number of methoxy groups -OCH3 is 2. The Kier molecular flexibility index (Phi) is 8.92. The second-order valence-corrected chi connectivity index (χ2v) is 2.20. The standard InChI is InChI=1S/C9H11O2.BrH.Mg/c1-7-8(10-2)5-4-6-9(7)11-3;;/h4-5H,1-3H3;1H;/q-1;;+2/p-1. The molecule has 1 aromatic carbocycles. The Morgan fingerprint density at radius 2 is 1.85 bits per heavy atom. The average molecular weight is 255 g/mol. The van der Waals surface area contributed by atoms with E-state index in [2.05, 4.69) is 6.07 Å². The molecule has 0 aliphatic carbocycles. The Balaban J connectivity index is 0. The van der Waals surface area contributed by atoms with Crippen molar-refractivity contribution in [3.8, 4) is 11.5 Å². The van der Waals surface area contributed by atoms with Crippen molar-refractivity contribution in [1.29, 1.82) is 0 Å². The molecule has 0 bridgehead atoms. The van der Waals surface area contributed by atoms with E-state index in [1.165, 1.54) is 0 Å². The van der Waals surface area contributed by atoms with Gasteiger partial charge in [-0.1, -0.05) is 12.5 Å². The summed E-state index contributed by atoms with van der Waals surface area (Å²) in [6, 6.07) is 6.60. The maximum atomic E-state index is 5.09. The van der Waals surface area contributed by atoms with E-state index in [9.17, 15) is 0 Å². The van der Waals surface area contributed by atoms with Gasteiger partial charge in [0, 0.05) is 11.5 Å². The van der Waals surface area contributed by atoms with Crippen LogP contribution in [-0.4, -0.2) is 37.3 Å². The van der Waals surface area contributed by atoms with Gasteiger partial charge in [-0.3, -0.25) is 0 Å². The molecule has 1 aromatic rings. The third-order valence-corrected chi connectivity index (χ3v) is 1.58. The van der Waals surface area contributed by atoms with Crippen molar-refractivity contribution in [2.24, 2.45) is 0 Å². The van der Waals surface area contributed by atoms with Crippen molar-refractivity contribution in [1.82, 2.24) is 0 Å². The SMILES string of the molecule is COc1[c-]ccc(OC)c1C.[Br-].[Mg+2]. The van der Waals surface area contributed by atoms with Gasteiger partial charge in [0.05, 0.1) is 14.2 Å². The first-order valence-corrected chi connectivity index (χ1v) is 3.39. The van der Waals surface area contributed by atoms with E-state index in [4.69, 9.17) is 9.47 Å². The van der Waals surface area contributed by atoms with Gasteiger partial charge < -0.3 is 26.5 Å². The first-order valence-electron chi connectivity index (χ1n) is 3.39. The minimum atomic E-state index is 0. The van der Waals surface area contributed by atoms with Crippen LogP contribution >= 0.6 is 0 Å². The molecule has 0 unspecified atom stereocenters. The molecule has 13 heavy (non-hydrogen) atoms. The van der Waals surface area contributed by atoms with Gasteiger partial charge in [-0.15, -0.1) is 12.1 Å². The number of rotatable bonds is 2. The summed E-state index contributed by atoms with van der Waals surface area (Å²) in [4.78, 5) is 0. The molecule has 0 spiro atoms. The Labute approximate surface area is 106 Å². The van der Waals surface area contributed by atoms with Crippen LogP contribution in [0.3, 0.4) is 0 Å². The van der Waals surface area contributed by atoms with Gasteiger partial charge in [-0.25, -0.2) is 0 Å². The van der Waals surface area contributed by atoms with Crippen LogP contribution in [0.4, 0.5) is 0 Å². The van der Waals surface area contributed by atoms with Crippen LogP contribution < -0.4 is 26.5 Å². The van der Waals surface area contributed by atoms with E-state index in [0.717, 1.165) is 17.1 Å². The Hall–Kier alpha value is 0.0662. The summed E-state index contributed by atoms with van der Waals surface area (Å²) < 4.78 is 10.1. The maximum absolute atomic E-state index is 5.09. The van der Waals surface area contributed by atoms with Crippen molar-refractivity contribution in [3.63, 3.8) is 0 Å². The van der Waals surface area contributed by atoms with Crippen LogP contribution in [-0.2, 0) is 0 Å². The Bertz CT molecular complexity index is 231. The fourth-order valence-corrected chi connectivity index (χ4v) is 0.971. The van der Waals surface area contributed by atoms with Crippen LogP contribution in [0.1, 0.15) is 5.56 Å². The topological polar surface area (TPSA) is 18.5 Å². The number of hydrogen-bond donors (Lipinski definition) is 0. The van der Waals surface area contributed by atoms with E-state index in [1.54, 1.807) is 20.3 Å². The van der Waals surface area contributed by atoms with E-state index < -0.39 is 0 Å². The van der Waals surface area contributed by atoms with Crippen molar-refractivity contribution in [2.75, 3.05) is 14.2 Å². The van der Waals surface area contributed by atoms with Gasteiger partial charge >= 0.3 is 23.1 Å². The van der Waals surface area contributed by atoms with Crippen LogP contribution in [0.2, 0.25) is 0 Å². The number of hydrogen-bond acceptors (Lipinski definition) is 2. The summed E-state index contributed by atoms with van der Waals surface area (Å²) in [5.41, 5.74) is 0.984. The van der Waals surface area contributed by atoms with Gasteiger partial charge in [0.1, 0.15) is 0 Å². The molecule has 0 N–H and O–H groups in total. The third kappa shape index (κ3) is 3.75. The second-order valence-electron chi connectivity index (χ2n) is 2.20. The van der Waals surface area contributed by atoms with Crippen LogP contribution in [0.25, 0.3) is 0 Å². The van der Waals surface area contributed by atoms with Crippen molar-refractivity contribution in [3.05, 3.63) is 23.8 Å². The minimum absolute atomic E-state index is 0. The molecule has 0 amide bonds. The smallest absolute Gasteiger partial charge is 1.00 e. The number of halogens is 1. The molecule has 68 valence electrons. The third-order valence-electron chi connectivity index (χ3n) is 1.58. The molecule has 4 heteroatoms. The molecular formula is C9H11BrMgO2. The molecule has 1 rings (SSSR count). The van der Waals surface area contributed by atoms with Gasteiger partial charge in [0.2, 0.25) is 0 Å². The van der Waals surface area contributed by atoms with Gasteiger partial charge in [-0.2, -0.15) is 6.07 Å². The zero-order valence-corrected chi connectivity index (χ0v) is 11.1. The second kappa shape index (κ2) is 7.47. The van der Waals surface area contributed by atoms with E-state index in [0.29, 0.717) is 0 Å². The molecule has 0 radical (unpaired) electrons. The summed E-state index contributed by atoms with van der Waals surface area (Å²) >= 11 is 0.